The molecule has 0 unspecified atom stereocenters. The van der Waals surface area contributed by atoms with E-state index in [1.54, 1.807) is 12.1 Å². The topological polar surface area (TPSA) is 87.3 Å². The minimum Gasteiger partial charge on any atom is -0.492 e. The van der Waals surface area contributed by atoms with Gasteiger partial charge in [-0.25, -0.2) is 0 Å². The maximum Gasteiger partial charge on any atom is 0.166 e. The lowest BCUT2D eigenvalue weighted by Crippen LogP contribution is -2.01. The van der Waals surface area contributed by atoms with Crippen LogP contribution < -0.4 is 21.9 Å². The van der Waals surface area contributed by atoms with Crippen LogP contribution in [-0.4, -0.2) is 7.11 Å². The molecule has 0 saturated heterocycles. The summed E-state index contributed by atoms with van der Waals surface area (Å²) in [5.74, 6) is 0.449. The van der Waals surface area contributed by atoms with Gasteiger partial charge in [-0.05, 0) is 12.1 Å². The zero-order chi connectivity index (χ0) is 8.43. The summed E-state index contributed by atoms with van der Waals surface area (Å²) in [6.07, 6.45) is 0. The van der Waals surface area contributed by atoms with Gasteiger partial charge >= 0.3 is 0 Å². The first-order valence-corrected chi connectivity index (χ1v) is 3.14. The fraction of sp³-hybridized carbons (Fsp3) is 0.143. The Morgan fingerprint density at radius 1 is 1.08 bits per heavy atom. The second-order valence-electron chi connectivity index (χ2n) is 2.19. The van der Waals surface area contributed by atoms with Crippen molar-refractivity contribution < 1.29 is 9.44 Å². The summed E-state index contributed by atoms with van der Waals surface area (Å²) in [5.41, 5.74) is 18.0. The lowest BCUT2D eigenvalue weighted by Gasteiger charge is -2.08. The van der Waals surface area contributed by atoms with Crippen LogP contribution in [0.4, 0.5) is 21.8 Å². The third kappa shape index (κ3) is 1.50. The summed E-state index contributed by atoms with van der Waals surface area (Å²) < 4.78 is 4.93. The van der Waals surface area contributed by atoms with Crippen LogP contribution in [0, 0.1) is 0 Å². The van der Waals surface area contributed by atoms with E-state index in [9.17, 15) is 0 Å². The van der Waals surface area contributed by atoms with E-state index in [-0.39, 0.29) is 4.70 Å². The van der Waals surface area contributed by atoms with E-state index in [1.165, 1.54) is 7.11 Å². The van der Waals surface area contributed by atoms with Crippen LogP contribution in [0.3, 0.4) is 0 Å². The smallest absolute Gasteiger partial charge is 0.166 e. The van der Waals surface area contributed by atoms with E-state index < -0.39 is 0 Å². The first-order valence-electron chi connectivity index (χ1n) is 3.14. The Balaban J connectivity index is 0.00000121. The number of benzene rings is 1. The first-order chi connectivity index (χ1) is 5.16. The number of nitrogens with two attached hydrogens (primary N) is 3. The van der Waals surface area contributed by atoms with Crippen molar-refractivity contribution in [2.45, 2.75) is 0 Å². The predicted molar refractivity (Wildman–Crippen MR) is 48.7 cm³/mol. The lowest BCUT2D eigenvalue weighted by molar-refractivity contribution is 0.419. The summed E-state index contributed by atoms with van der Waals surface area (Å²) in [7, 11) is 1.50. The summed E-state index contributed by atoms with van der Waals surface area (Å²) in [6.45, 7) is 0. The largest absolute Gasteiger partial charge is 0.492 e. The highest BCUT2D eigenvalue weighted by Gasteiger charge is 2.05. The van der Waals surface area contributed by atoms with Gasteiger partial charge in [-0.2, -0.15) is 0 Å². The fourth-order valence-corrected chi connectivity index (χ4v) is 0.859. The molecule has 12 heavy (non-hydrogen) atoms. The molecule has 5 heteroatoms. The van der Waals surface area contributed by atoms with Crippen molar-refractivity contribution in [3.05, 3.63) is 12.1 Å². The van der Waals surface area contributed by atoms with E-state index in [4.69, 9.17) is 21.9 Å². The third-order valence-corrected chi connectivity index (χ3v) is 1.46. The molecule has 0 heterocycles. The van der Waals surface area contributed by atoms with Crippen molar-refractivity contribution in [3.8, 4) is 5.75 Å². The highest BCUT2D eigenvalue weighted by molar-refractivity contribution is 5.78. The number of nitrogen functional groups attached to an aromatic ring is 3. The number of hydrogen-bond acceptors (Lipinski definition) is 4. The highest BCUT2D eigenvalue weighted by Crippen LogP contribution is 2.32. The number of halogens is 1. The number of methoxy groups -OCH3 is 1. The molecule has 0 atom stereocenters. The van der Waals surface area contributed by atoms with Gasteiger partial charge in [0.05, 0.1) is 24.2 Å². The van der Waals surface area contributed by atoms with E-state index in [1.807, 2.05) is 0 Å². The molecule has 0 aliphatic carbocycles. The Kier molecular flexibility index (Phi) is 3.15. The Morgan fingerprint density at radius 3 is 2.00 bits per heavy atom. The van der Waals surface area contributed by atoms with E-state index >= 15 is 0 Å². The fourth-order valence-electron chi connectivity index (χ4n) is 0.859. The van der Waals surface area contributed by atoms with Crippen LogP contribution in [0.25, 0.3) is 0 Å². The molecule has 0 fully saturated rings. The molecule has 4 nitrogen and oxygen atoms in total. The van der Waals surface area contributed by atoms with Gasteiger partial charge in [0, 0.05) is 0 Å². The molecule has 68 valence electrons. The zero-order valence-corrected chi connectivity index (χ0v) is 6.70. The highest BCUT2D eigenvalue weighted by atomic mass is 19.0. The van der Waals surface area contributed by atoms with E-state index in [0.29, 0.717) is 22.8 Å². The van der Waals surface area contributed by atoms with Gasteiger partial charge in [-0.3, -0.25) is 4.70 Å². The Bertz CT molecular complexity index is 278. The quantitative estimate of drug-likeness (QED) is 0.542. The molecule has 0 bridgehead atoms. The average molecular weight is 173 g/mol. The van der Waals surface area contributed by atoms with Crippen LogP contribution in [0.1, 0.15) is 0 Å². The molecule has 1 aromatic carbocycles. The van der Waals surface area contributed by atoms with E-state index in [2.05, 4.69) is 0 Å². The van der Waals surface area contributed by atoms with Gasteiger partial charge < -0.3 is 21.9 Å². The molecule has 0 saturated carbocycles. The van der Waals surface area contributed by atoms with Crippen LogP contribution in [0.15, 0.2) is 12.1 Å². The Morgan fingerprint density at radius 2 is 1.58 bits per heavy atom. The van der Waals surface area contributed by atoms with Crippen molar-refractivity contribution in [1.29, 1.82) is 0 Å². The second kappa shape index (κ2) is 3.66. The van der Waals surface area contributed by atoms with Crippen LogP contribution in [0.2, 0.25) is 0 Å². The van der Waals surface area contributed by atoms with Gasteiger partial charge in [0.2, 0.25) is 0 Å². The monoisotopic (exact) mass is 173 g/mol. The van der Waals surface area contributed by atoms with Crippen molar-refractivity contribution in [3.63, 3.8) is 0 Å². The van der Waals surface area contributed by atoms with Gasteiger partial charge in [0.1, 0.15) is 0 Å². The Hall–Kier alpha value is -1.65. The molecule has 0 amide bonds. The average Bonchev–Trinajstić information content (AvgIpc) is 1.99. The SMILES string of the molecule is COc1c(N)ccc(N)c1N.F. The Labute approximate surface area is 69.7 Å². The zero-order valence-electron chi connectivity index (χ0n) is 6.70. The normalized spacial score (nSPS) is 8.75. The summed E-state index contributed by atoms with van der Waals surface area (Å²) in [5, 5.41) is 0. The standard InChI is InChI=1S/C7H11N3O.FH/c1-11-7-5(9)3-2-4(8)6(7)10;/h2-3H,8-10H2,1H3;1H. The lowest BCUT2D eigenvalue weighted by atomic mass is 10.2. The molecule has 0 spiro atoms. The number of hydrogen-bond donors (Lipinski definition) is 3. The molecular formula is C7H12FN3O. The van der Waals surface area contributed by atoms with Crippen LogP contribution >= 0.6 is 0 Å². The van der Waals surface area contributed by atoms with E-state index in [0.717, 1.165) is 0 Å². The van der Waals surface area contributed by atoms with Crippen LogP contribution in [-0.2, 0) is 0 Å². The van der Waals surface area contributed by atoms with Crippen molar-refractivity contribution in [2.24, 2.45) is 0 Å². The van der Waals surface area contributed by atoms with Gasteiger partial charge in [0.25, 0.3) is 0 Å². The van der Waals surface area contributed by atoms with Crippen molar-refractivity contribution in [2.75, 3.05) is 24.3 Å². The molecule has 1 aromatic rings. The molecule has 0 radical (unpaired) electrons. The maximum absolute atomic E-state index is 5.56. The van der Waals surface area contributed by atoms with Gasteiger partial charge in [-0.1, -0.05) is 0 Å². The van der Waals surface area contributed by atoms with Crippen molar-refractivity contribution >= 4 is 17.1 Å². The second-order valence-corrected chi connectivity index (χ2v) is 2.19. The number of rotatable bonds is 1. The molecule has 6 N–H and O–H groups in total. The first kappa shape index (κ1) is 10.3. The minimum atomic E-state index is 0. The minimum absolute atomic E-state index is 0. The summed E-state index contributed by atoms with van der Waals surface area (Å²) in [6, 6.07) is 3.30. The summed E-state index contributed by atoms with van der Waals surface area (Å²) in [4.78, 5) is 0. The molecular weight excluding hydrogens is 161 g/mol. The summed E-state index contributed by atoms with van der Waals surface area (Å²) >= 11 is 0. The van der Waals surface area contributed by atoms with Crippen molar-refractivity contribution in [1.82, 2.24) is 0 Å². The van der Waals surface area contributed by atoms with Gasteiger partial charge in [0.15, 0.2) is 5.75 Å². The number of anilines is 3. The molecule has 0 aliphatic heterocycles. The number of ether oxygens (including phenoxy) is 1. The molecule has 0 aromatic heterocycles. The van der Waals surface area contributed by atoms with Crippen LogP contribution in [0.5, 0.6) is 5.75 Å². The molecule has 1 rings (SSSR count). The molecule has 0 aliphatic rings. The van der Waals surface area contributed by atoms with Gasteiger partial charge in [-0.15, -0.1) is 0 Å². The predicted octanol–water partition coefficient (Wildman–Crippen LogP) is 0.594. The maximum atomic E-state index is 5.56. The third-order valence-electron chi connectivity index (χ3n) is 1.46.